The van der Waals surface area contributed by atoms with Gasteiger partial charge in [0.15, 0.2) is 5.82 Å². The van der Waals surface area contributed by atoms with Crippen molar-refractivity contribution < 1.29 is 0 Å². The number of nitrogen functional groups attached to an aromatic ring is 1. The molecule has 0 unspecified atom stereocenters. The van der Waals surface area contributed by atoms with E-state index in [9.17, 15) is 4.79 Å². The van der Waals surface area contributed by atoms with Crippen molar-refractivity contribution in [3.63, 3.8) is 0 Å². The van der Waals surface area contributed by atoms with E-state index in [0.717, 1.165) is 12.5 Å². The van der Waals surface area contributed by atoms with Gasteiger partial charge in [0, 0.05) is 6.54 Å². The molecule has 1 heterocycles. The van der Waals surface area contributed by atoms with E-state index in [-0.39, 0.29) is 11.2 Å². The zero-order chi connectivity index (χ0) is 11.2. The molecule has 0 bridgehead atoms. The summed E-state index contributed by atoms with van der Waals surface area (Å²) in [6.45, 7) is 0.901. The monoisotopic (exact) mass is 220 g/mol. The van der Waals surface area contributed by atoms with Crippen molar-refractivity contribution in [1.29, 1.82) is 0 Å². The molecular weight excluding hydrogens is 204 g/mol. The van der Waals surface area contributed by atoms with Crippen LogP contribution in [-0.4, -0.2) is 16.5 Å². The highest BCUT2D eigenvalue weighted by Crippen LogP contribution is 2.61. The highest BCUT2D eigenvalue weighted by atomic mass is 16.1. The first-order valence-corrected chi connectivity index (χ1v) is 5.78. The van der Waals surface area contributed by atoms with Crippen LogP contribution in [-0.2, 0) is 0 Å². The summed E-state index contributed by atoms with van der Waals surface area (Å²) in [5.74, 6) is 1.42. The standard InChI is InChI=1S/C11H16N4O/c12-8-9(14-6-15-10(8)16)13-5-11(3-4-11)7-1-2-7/h6-7H,1-5,12H2,(H2,13,14,15,16). The lowest BCUT2D eigenvalue weighted by Gasteiger charge is -2.15. The fraction of sp³-hybridized carbons (Fsp3) is 0.636. The van der Waals surface area contributed by atoms with Gasteiger partial charge in [0.25, 0.3) is 5.56 Å². The van der Waals surface area contributed by atoms with Crippen LogP contribution in [0.15, 0.2) is 11.1 Å². The summed E-state index contributed by atoms with van der Waals surface area (Å²) in [7, 11) is 0. The predicted molar refractivity (Wildman–Crippen MR) is 62.2 cm³/mol. The van der Waals surface area contributed by atoms with Gasteiger partial charge in [-0.1, -0.05) is 0 Å². The summed E-state index contributed by atoms with van der Waals surface area (Å²) in [6, 6.07) is 0. The van der Waals surface area contributed by atoms with Crippen molar-refractivity contribution in [2.24, 2.45) is 11.3 Å². The summed E-state index contributed by atoms with van der Waals surface area (Å²) < 4.78 is 0. The highest BCUT2D eigenvalue weighted by molar-refractivity contribution is 5.59. The summed E-state index contributed by atoms with van der Waals surface area (Å²) >= 11 is 0. The Morgan fingerprint density at radius 1 is 1.56 bits per heavy atom. The number of H-pyrrole nitrogens is 1. The van der Waals surface area contributed by atoms with Gasteiger partial charge in [0.2, 0.25) is 0 Å². The van der Waals surface area contributed by atoms with Crippen LogP contribution in [0.4, 0.5) is 11.5 Å². The van der Waals surface area contributed by atoms with Gasteiger partial charge in [-0.05, 0) is 37.0 Å². The van der Waals surface area contributed by atoms with E-state index in [4.69, 9.17) is 5.73 Å². The molecule has 4 N–H and O–H groups in total. The Morgan fingerprint density at radius 3 is 2.94 bits per heavy atom. The average Bonchev–Trinajstić information content (AvgIpc) is 3.14. The Kier molecular flexibility index (Phi) is 1.96. The Bertz CT molecular complexity index is 459. The van der Waals surface area contributed by atoms with Gasteiger partial charge in [-0.3, -0.25) is 4.79 Å². The molecule has 0 atom stereocenters. The minimum absolute atomic E-state index is 0.189. The van der Waals surface area contributed by atoms with E-state index >= 15 is 0 Å². The molecule has 2 saturated carbocycles. The highest BCUT2D eigenvalue weighted by Gasteiger charge is 2.53. The molecule has 3 rings (SSSR count). The molecule has 0 aliphatic heterocycles. The van der Waals surface area contributed by atoms with Gasteiger partial charge < -0.3 is 16.0 Å². The SMILES string of the molecule is Nc1c(NCC2(C3CC3)CC2)nc[nH]c1=O. The number of hydrogen-bond acceptors (Lipinski definition) is 4. The van der Waals surface area contributed by atoms with Gasteiger partial charge in [-0.15, -0.1) is 0 Å². The van der Waals surface area contributed by atoms with Crippen LogP contribution in [0.2, 0.25) is 0 Å². The van der Waals surface area contributed by atoms with Gasteiger partial charge in [0.05, 0.1) is 6.33 Å². The number of nitrogens with zero attached hydrogens (tertiary/aromatic N) is 1. The first-order valence-electron chi connectivity index (χ1n) is 5.78. The Balaban J connectivity index is 1.70. The van der Waals surface area contributed by atoms with E-state index in [0.29, 0.717) is 11.2 Å². The van der Waals surface area contributed by atoms with Crippen molar-refractivity contribution in [3.05, 3.63) is 16.7 Å². The molecule has 86 valence electrons. The van der Waals surface area contributed by atoms with Crippen LogP contribution in [0.3, 0.4) is 0 Å². The van der Waals surface area contributed by atoms with Crippen molar-refractivity contribution >= 4 is 11.5 Å². The Hall–Kier alpha value is -1.52. The van der Waals surface area contributed by atoms with E-state index < -0.39 is 0 Å². The molecule has 0 amide bonds. The molecule has 2 aliphatic rings. The fourth-order valence-electron chi connectivity index (χ4n) is 2.40. The van der Waals surface area contributed by atoms with Crippen LogP contribution in [0.25, 0.3) is 0 Å². The van der Waals surface area contributed by atoms with Crippen molar-refractivity contribution in [2.45, 2.75) is 25.7 Å². The van der Waals surface area contributed by atoms with E-state index in [1.165, 1.54) is 32.0 Å². The van der Waals surface area contributed by atoms with Crippen LogP contribution in [0, 0.1) is 11.3 Å². The molecule has 0 saturated heterocycles. The second-order valence-electron chi connectivity index (χ2n) is 4.98. The molecule has 5 nitrogen and oxygen atoms in total. The number of nitrogens with two attached hydrogens (primary N) is 1. The van der Waals surface area contributed by atoms with Gasteiger partial charge in [-0.2, -0.15) is 0 Å². The normalized spacial score (nSPS) is 21.8. The van der Waals surface area contributed by atoms with Crippen LogP contribution in [0.1, 0.15) is 25.7 Å². The third-order valence-electron chi connectivity index (χ3n) is 3.83. The largest absolute Gasteiger partial charge is 0.391 e. The number of nitrogens with one attached hydrogen (secondary N) is 2. The molecule has 0 radical (unpaired) electrons. The van der Waals surface area contributed by atoms with Gasteiger partial charge in [0.1, 0.15) is 5.69 Å². The second kappa shape index (κ2) is 3.23. The zero-order valence-corrected chi connectivity index (χ0v) is 9.12. The van der Waals surface area contributed by atoms with Crippen LogP contribution >= 0.6 is 0 Å². The van der Waals surface area contributed by atoms with E-state index in [1.807, 2.05) is 0 Å². The minimum atomic E-state index is -0.270. The molecule has 1 aromatic heterocycles. The summed E-state index contributed by atoms with van der Waals surface area (Å²) in [5.41, 5.74) is 6.06. The van der Waals surface area contributed by atoms with E-state index in [1.54, 1.807) is 0 Å². The molecule has 1 aromatic rings. The summed E-state index contributed by atoms with van der Waals surface area (Å²) in [6.07, 6.45) is 6.71. The molecule has 5 heteroatoms. The lowest BCUT2D eigenvalue weighted by molar-refractivity contribution is 0.466. The molecule has 2 fully saturated rings. The lowest BCUT2D eigenvalue weighted by Crippen LogP contribution is -2.21. The van der Waals surface area contributed by atoms with Gasteiger partial charge >= 0.3 is 0 Å². The number of anilines is 2. The van der Waals surface area contributed by atoms with Crippen LogP contribution < -0.4 is 16.6 Å². The molecule has 2 aliphatic carbocycles. The molecular formula is C11H16N4O. The molecule has 16 heavy (non-hydrogen) atoms. The minimum Gasteiger partial charge on any atom is -0.391 e. The van der Waals surface area contributed by atoms with Crippen molar-refractivity contribution in [3.8, 4) is 0 Å². The first kappa shape index (κ1) is 9.69. The van der Waals surface area contributed by atoms with Gasteiger partial charge in [-0.25, -0.2) is 4.98 Å². The second-order valence-corrected chi connectivity index (χ2v) is 4.98. The van der Waals surface area contributed by atoms with Crippen molar-refractivity contribution in [2.75, 3.05) is 17.6 Å². The lowest BCUT2D eigenvalue weighted by atomic mass is 10.0. The third-order valence-corrected chi connectivity index (χ3v) is 3.83. The number of hydrogen-bond donors (Lipinski definition) is 3. The predicted octanol–water partition coefficient (Wildman–Crippen LogP) is 0.954. The maximum Gasteiger partial charge on any atom is 0.276 e. The maximum atomic E-state index is 11.3. The zero-order valence-electron chi connectivity index (χ0n) is 9.12. The summed E-state index contributed by atoms with van der Waals surface area (Å²) in [5, 5.41) is 3.22. The fourth-order valence-corrected chi connectivity index (χ4v) is 2.40. The first-order chi connectivity index (χ1) is 7.71. The number of aromatic nitrogens is 2. The Labute approximate surface area is 93.5 Å². The topological polar surface area (TPSA) is 83.8 Å². The quantitative estimate of drug-likeness (QED) is 0.705. The molecule has 0 spiro atoms. The average molecular weight is 220 g/mol. The van der Waals surface area contributed by atoms with E-state index in [2.05, 4.69) is 15.3 Å². The maximum absolute atomic E-state index is 11.3. The Morgan fingerprint density at radius 2 is 2.31 bits per heavy atom. The summed E-state index contributed by atoms with van der Waals surface area (Å²) in [4.78, 5) is 17.8. The number of rotatable bonds is 4. The smallest absolute Gasteiger partial charge is 0.276 e. The van der Waals surface area contributed by atoms with Crippen LogP contribution in [0.5, 0.6) is 0 Å². The molecule has 0 aromatic carbocycles. The number of aromatic amines is 1. The third kappa shape index (κ3) is 1.56. The van der Waals surface area contributed by atoms with Crippen molar-refractivity contribution in [1.82, 2.24) is 9.97 Å².